The fourth-order valence-electron chi connectivity index (χ4n) is 4.27. The number of aryl methyl sites for hydroxylation is 2. The molecule has 0 unspecified atom stereocenters. The largest absolute Gasteiger partial charge is 0.497 e. The Labute approximate surface area is 213 Å². The van der Waals surface area contributed by atoms with Crippen LogP contribution in [-0.2, 0) is 13.1 Å². The normalized spacial score (nSPS) is 11.1. The number of fused-ring (bicyclic) bond motifs is 2. The third-order valence-corrected chi connectivity index (χ3v) is 6.37. The van der Waals surface area contributed by atoms with Gasteiger partial charge in [0.25, 0.3) is 11.5 Å². The summed E-state index contributed by atoms with van der Waals surface area (Å²) in [5.41, 5.74) is 4.52. The lowest BCUT2D eigenvalue weighted by molar-refractivity contribution is 0.0948. The smallest absolute Gasteiger partial charge is 0.267 e. The van der Waals surface area contributed by atoms with Crippen LogP contribution in [0, 0.1) is 19.3 Å². The van der Waals surface area contributed by atoms with E-state index in [0.29, 0.717) is 17.8 Å². The Morgan fingerprint density at radius 2 is 1.65 bits per heavy atom. The molecule has 8 nitrogen and oxygen atoms in total. The van der Waals surface area contributed by atoms with Gasteiger partial charge in [0.2, 0.25) is 0 Å². The molecule has 2 aromatic carbocycles. The third-order valence-electron chi connectivity index (χ3n) is 6.37. The number of hydrogen-bond donors (Lipinski definition) is 2. The van der Waals surface area contributed by atoms with E-state index in [1.54, 1.807) is 23.9 Å². The van der Waals surface area contributed by atoms with Crippen molar-refractivity contribution in [3.05, 3.63) is 117 Å². The van der Waals surface area contributed by atoms with Gasteiger partial charge in [-0.2, -0.15) is 0 Å². The van der Waals surface area contributed by atoms with Crippen LogP contribution in [0.4, 0.5) is 0 Å². The standard InChI is InChI=1S/C29H27N5O3/c1-18-4-7-21(8-5-18)17-34-26(30)23(28(35)31-15-20-9-11-22(37-3)12-10-20)14-24-27(34)32-25-13-6-19(2)16-33(25)29(24)36/h4-14,16,30H,15,17H2,1-3H3,(H,31,35). The molecule has 2 N–H and O–H groups in total. The lowest BCUT2D eigenvalue weighted by Gasteiger charge is -2.15. The molecule has 0 aliphatic heterocycles. The number of pyridine rings is 2. The Hall–Kier alpha value is -4.72. The summed E-state index contributed by atoms with van der Waals surface area (Å²) < 4.78 is 8.30. The number of ether oxygens (including phenoxy) is 1. The molecule has 0 aliphatic rings. The first kappa shape index (κ1) is 24.0. The van der Waals surface area contributed by atoms with Crippen molar-refractivity contribution in [1.82, 2.24) is 19.3 Å². The van der Waals surface area contributed by atoms with Crippen molar-refractivity contribution < 1.29 is 9.53 Å². The van der Waals surface area contributed by atoms with E-state index in [4.69, 9.17) is 15.1 Å². The fraction of sp³-hybridized carbons (Fsp3) is 0.172. The number of carbonyl (C=O) groups excluding carboxylic acids is 1. The monoisotopic (exact) mass is 493 g/mol. The van der Waals surface area contributed by atoms with Crippen molar-refractivity contribution in [1.29, 1.82) is 5.41 Å². The number of nitrogens with zero attached hydrogens (tertiary/aromatic N) is 3. The summed E-state index contributed by atoms with van der Waals surface area (Å²) in [6.45, 7) is 4.47. The van der Waals surface area contributed by atoms with Gasteiger partial charge in [-0.3, -0.25) is 19.4 Å². The van der Waals surface area contributed by atoms with Gasteiger partial charge < -0.3 is 14.6 Å². The molecule has 0 spiro atoms. The quantitative estimate of drug-likeness (QED) is 0.352. The van der Waals surface area contributed by atoms with Gasteiger partial charge in [0.05, 0.1) is 24.6 Å². The van der Waals surface area contributed by atoms with Gasteiger partial charge in [-0.1, -0.05) is 48.0 Å². The number of amides is 1. The van der Waals surface area contributed by atoms with Crippen molar-refractivity contribution in [3.8, 4) is 5.75 Å². The Balaban J connectivity index is 1.62. The van der Waals surface area contributed by atoms with Crippen LogP contribution in [0.15, 0.2) is 77.7 Å². The van der Waals surface area contributed by atoms with E-state index in [1.165, 1.54) is 10.5 Å². The highest BCUT2D eigenvalue weighted by Crippen LogP contribution is 2.15. The van der Waals surface area contributed by atoms with Gasteiger partial charge in [-0.05, 0) is 54.8 Å². The number of benzene rings is 2. The minimum Gasteiger partial charge on any atom is -0.497 e. The number of nitrogens with one attached hydrogen (secondary N) is 2. The lowest BCUT2D eigenvalue weighted by atomic mass is 10.1. The second kappa shape index (κ2) is 9.73. The van der Waals surface area contributed by atoms with Gasteiger partial charge in [0.15, 0.2) is 0 Å². The van der Waals surface area contributed by atoms with Crippen LogP contribution in [0.1, 0.15) is 32.6 Å². The number of aromatic nitrogens is 3. The Morgan fingerprint density at radius 3 is 2.35 bits per heavy atom. The number of hydrogen-bond acceptors (Lipinski definition) is 5. The van der Waals surface area contributed by atoms with Crippen LogP contribution in [0.5, 0.6) is 5.75 Å². The van der Waals surface area contributed by atoms with Crippen LogP contribution in [-0.4, -0.2) is 27.0 Å². The van der Waals surface area contributed by atoms with Crippen LogP contribution >= 0.6 is 0 Å². The molecule has 0 atom stereocenters. The summed E-state index contributed by atoms with van der Waals surface area (Å²) in [5.74, 6) is 0.291. The molecule has 0 radical (unpaired) electrons. The maximum atomic E-state index is 13.5. The molecule has 1 amide bonds. The number of methoxy groups -OCH3 is 1. The molecule has 0 bridgehead atoms. The first-order valence-corrected chi connectivity index (χ1v) is 11.9. The average molecular weight is 494 g/mol. The Morgan fingerprint density at radius 1 is 0.973 bits per heavy atom. The van der Waals surface area contributed by atoms with Crippen LogP contribution < -0.4 is 21.1 Å². The van der Waals surface area contributed by atoms with Crippen molar-refractivity contribution >= 4 is 22.6 Å². The summed E-state index contributed by atoms with van der Waals surface area (Å²) in [4.78, 5) is 31.5. The van der Waals surface area contributed by atoms with E-state index < -0.39 is 5.91 Å². The molecular formula is C29H27N5O3. The van der Waals surface area contributed by atoms with Crippen LogP contribution in [0.2, 0.25) is 0 Å². The van der Waals surface area contributed by atoms with Crippen molar-refractivity contribution in [2.75, 3.05) is 7.11 Å². The maximum Gasteiger partial charge on any atom is 0.267 e. The summed E-state index contributed by atoms with van der Waals surface area (Å²) in [6.07, 6.45) is 1.73. The second-order valence-electron chi connectivity index (χ2n) is 9.10. The first-order chi connectivity index (χ1) is 17.8. The van der Waals surface area contributed by atoms with E-state index in [2.05, 4.69) is 5.32 Å². The van der Waals surface area contributed by atoms with E-state index >= 15 is 0 Å². The fourth-order valence-corrected chi connectivity index (χ4v) is 4.27. The van der Waals surface area contributed by atoms with E-state index in [0.717, 1.165) is 28.0 Å². The zero-order chi connectivity index (χ0) is 26.1. The zero-order valence-electron chi connectivity index (χ0n) is 20.9. The molecule has 3 aromatic heterocycles. The highest BCUT2D eigenvalue weighted by Gasteiger charge is 2.18. The van der Waals surface area contributed by atoms with Gasteiger partial charge in [-0.15, -0.1) is 0 Å². The second-order valence-corrected chi connectivity index (χ2v) is 9.10. The highest BCUT2D eigenvalue weighted by atomic mass is 16.5. The van der Waals surface area contributed by atoms with Gasteiger partial charge >= 0.3 is 0 Å². The Bertz CT molecular complexity index is 1750. The summed E-state index contributed by atoms with van der Waals surface area (Å²) in [7, 11) is 1.60. The molecular weight excluding hydrogens is 466 g/mol. The number of carbonyl (C=O) groups is 1. The predicted octanol–water partition coefficient (Wildman–Crippen LogP) is 3.73. The summed E-state index contributed by atoms with van der Waals surface area (Å²) >= 11 is 0. The minimum atomic E-state index is -0.436. The first-order valence-electron chi connectivity index (χ1n) is 11.9. The lowest BCUT2D eigenvalue weighted by Crippen LogP contribution is -2.35. The molecule has 37 heavy (non-hydrogen) atoms. The topological polar surface area (TPSA) is 101 Å². The van der Waals surface area contributed by atoms with E-state index in [9.17, 15) is 9.59 Å². The summed E-state index contributed by atoms with van der Waals surface area (Å²) in [6, 6.07) is 20.5. The minimum absolute atomic E-state index is 0.0105. The average Bonchev–Trinajstić information content (AvgIpc) is 2.91. The molecule has 0 saturated heterocycles. The predicted molar refractivity (Wildman–Crippen MR) is 142 cm³/mol. The number of rotatable bonds is 6. The summed E-state index contributed by atoms with van der Waals surface area (Å²) in [5, 5.41) is 12.1. The third kappa shape index (κ3) is 4.73. The van der Waals surface area contributed by atoms with Gasteiger partial charge in [0, 0.05) is 12.7 Å². The molecule has 0 saturated carbocycles. The molecule has 5 rings (SSSR count). The molecule has 3 heterocycles. The molecule has 0 aliphatic carbocycles. The SMILES string of the molecule is COc1ccc(CNC(=O)c2cc3c(=O)n4cc(C)ccc4nc3n(Cc3ccc(C)cc3)c2=N)cc1. The van der Waals surface area contributed by atoms with Gasteiger partial charge in [-0.25, -0.2) is 4.98 Å². The zero-order valence-corrected chi connectivity index (χ0v) is 20.9. The van der Waals surface area contributed by atoms with Crippen LogP contribution in [0.25, 0.3) is 16.7 Å². The maximum absolute atomic E-state index is 13.5. The van der Waals surface area contributed by atoms with Crippen molar-refractivity contribution in [2.45, 2.75) is 26.9 Å². The molecule has 8 heteroatoms. The van der Waals surface area contributed by atoms with Crippen molar-refractivity contribution in [3.63, 3.8) is 0 Å². The molecule has 186 valence electrons. The van der Waals surface area contributed by atoms with E-state index in [-0.39, 0.29) is 28.5 Å². The Kier molecular flexibility index (Phi) is 6.31. The van der Waals surface area contributed by atoms with Crippen LogP contribution in [0.3, 0.4) is 0 Å². The molecule has 5 aromatic rings. The van der Waals surface area contributed by atoms with Crippen molar-refractivity contribution in [2.24, 2.45) is 0 Å². The highest BCUT2D eigenvalue weighted by molar-refractivity contribution is 5.96. The van der Waals surface area contributed by atoms with Gasteiger partial charge in [0.1, 0.15) is 22.5 Å². The molecule has 0 fully saturated rings. The van der Waals surface area contributed by atoms with E-state index in [1.807, 2.05) is 68.4 Å².